The van der Waals surface area contributed by atoms with E-state index in [1.54, 1.807) is 42.5 Å². The Morgan fingerprint density at radius 3 is 2.52 bits per heavy atom. The molecule has 0 heterocycles. The topological polar surface area (TPSA) is 35.5 Å². The van der Waals surface area contributed by atoms with Crippen LogP contribution in [0, 0.1) is 0 Å². The van der Waals surface area contributed by atoms with Crippen LogP contribution in [0.15, 0.2) is 42.5 Å². The lowest BCUT2D eigenvalue weighted by atomic mass is 10.2. The van der Waals surface area contributed by atoms with Crippen molar-refractivity contribution < 1.29 is 14.3 Å². The molecule has 2 rings (SSSR count). The number of halogens is 3. The zero-order valence-corrected chi connectivity index (χ0v) is 14.5. The van der Waals surface area contributed by atoms with Crippen molar-refractivity contribution >= 4 is 46.8 Å². The van der Waals surface area contributed by atoms with Crippen molar-refractivity contribution in [3.05, 3.63) is 68.7 Å². The van der Waals surface area contributed by atoms with E-state index in [0.29, 0.717) is 20.8 Å². The minimum atomic E-state index is -0.432. The molecule has 0 atom stereocenters. The summed E-state index contributed by atoms with van der Waals surface area (Å²) in [5.74, 6) is 0.0896. The van der Waals surface area contributed by atoms with Crippen molar-refractivity contribution in [3.8, 4) is 5.75 Å². The Kier molecular flexibility index (Phi) is 6.34. The van der Waals surface area contributed by atoms with Crippen LogP contribution in [-0.4, -0.2) is 13.1 Å². The van der Waals surface area contributed by atoms with Gasteiger partial charge in [-0.3, -0.25) is 0 Å². The minimum Gasteiger partial charge on any atom is -0.487 e. The number of esters is 1. The highest BCUT2D eigenvalue weighted by atomic mass is 35.5. The van der Waals surface area contributed by atoms with Crippen LogP contribution < -0.4 is 4.74 Å². The number of rotatable bonds is 5. The molecule has 0 amide bonds. The van der Waals surface area contributed by atoms with E-state index < -0.39 is 5.97 Å². The van der Waals surface area contributed by atoms with Crippen LogP contribution in [0.25, 0.3) is 6.08 Å². The standard InChI is InChI=1S/C17H13Cl3O3/c1-22-17(21)7-3-11-2-6-16(15(20)8-11)23-10-12-4-5-13(18)9-14(12)19/h2-9H,10H2,1H3/b7-3+. The molecule has 3 nitrogen and oxygen atoms in total. The van der Waals surface area contributed by atoms with Gasteiger partial charge in [0.15, 0.2) is 0 Å². The lowest BCUT2D eigenvalue weighted by molar-refractivity contribution is -0.134. The van der Waals surface area contributed by atoms with Gasteiger partial charge in [0, 0.05) is 21.7 Å². The van der Waals surface area contributed by atoms with Crippen LogP contribution in [0.3, 0.4) is 0 Å². The third kappa shape index (κ3) is 5.17. The molecule has 0 saturated heterocycles. The van der Waals surface area contributed by atoms with E-state index in [9.17, 15) is 4.79 Å². The minimum absolute atomic E-state index is 0.271. The molecule has 2 aromatic rings. The fourth-order valence-corrected chi connectivity index (χ4v) is 2.47. The van der Waals surface area contributed by atoms with E-state index in [1.165, 1.54) is 13.2 Å². The zero-order chi connectivity index (χ0) is 16.8. The summed E-state index contributed by atoms with van der Waals surface area (Å²) < 4.78 is 10.2. The predicted molar refractivity (Wildman–Crippen MR) is 93.3 cm³/mol. The Morgan fingerprint density at radius 2 is 1.87 bits per heavy atom. The molecule has 0 aliphatic carbocycles. The summed E-state index contributed by atoms with van der Waals surface area (Å²) in [6, 6.07) is 10.4. The molecule has 0 N–H and O–H groups in total. The third-order valence-electron chi connectivity index (χ3n) is 2.97. The molecule has 0 aliphatic heterocycles. The molecule has 0 spiro atoms. The normalized spacial score (nSPS) is 10.8. The Morgan fingerprint density at radius 1 is 1.09 bits per heavy atom. The van der Waals surface area contributed by atoms with Gasteiger partial charge in [0.2, 0.25) is 0 Å². The van der Waals surface area contributed by atoms with E-state index in [0.717, 1.165) is 11.1 Å². The van der Waals surface area contributed by atoms with Gasteiger partial charge in [0.25, 0.3) is 0 Å². The Balaban J connectivity index is 2.06. The molecule has 0 aromatic heterocycles. The van der Waals surface area contributed by atoms with Crippen LogP contribution in [-0.2, 0) is 16.1 Å². The van der Waals surface area contributed by atoms with Gasteiger partial charge in [-0.2, -0.15) is 0 Å². The van der Waals surface area contributed by atoms with E-state index in [1.807, 2.05) is 0 Å². The summed E-state index contributed by atoms with van der Waals surface area (Å²) >= 11 is 18.1. The molecule has 0 fully saturated rings. The molecule has 0 bridgehead atoms. The highest BCUT2D eigenvalue weighted by molar-refractivity contribution is 6.35. The molecule has 0 radical (unpaired) electrons. The first-order valence-corrected chi connectivity index (χ1v) is 7.75. The van der Waals surface area contributed by atoms with Crippen LogP contribution in [0.5, 0.6) is 5.75 Å². The summed E-state index contributed by atoms with van der Waals surface area (Å²) in [6.45, 7) is 0.271. The van der Waals surface area contributed by atoms with Crippen LogP contribution in [0.1, 0.15) is 11.1 Å². The molecular weight excluding hydrogens is 359 g/mol. The van der Waals surface area contributed by atoms with E-state index in [4.69, 9.17) is 39.5 Å². The summed E-state index contributed by atoms with van der Waals surface area (Å²) in [6.07, 6.45) is 2.93. The van der Waals surface area contributed by atoms with Gasteiger partial charge < -0.3 is 9.47 Å². The van der Waals surface area contributed by atoms with Crippen molar-refractivity contribution in [2.45, 2.75) is 6.61 Å². The third-order valence-corrected chi connectivity index (χ3v) is 3.85. The van der Waals surface area contributed by atoms with Gasteiger partial charge in [-0.05, 0) is 35.9 Å². The van der Waals surface area contributed by atoms with Gasteiger partial charge in [-0.1, -0.05) is 46.9 Å². The number of carbonyl (C=O) groups excluding carboxylic acids is 1. The van der Waals surface area contributed by atoms with Gasteiger partial charge >= 0.3 is 5.97 Å². The van der Waals surface area contributed by atoms with Crippen molar-refractivity contribution in [1.82, 2.24) is 0 Å². The van der Waals surface area contributed by atoms with Gasteiger partial charge in [0.05, 0.1) is 12.1 Å². The van der Waals surface area contributed by atoms with Gasteiger partial charge in [0.1, 0.15) is 12.4 Å². The van der Waals surface area contributed by atoms with E-state index in [2.05, 4.69) is 4.74 Å². The van der Waals surface area contributed by atoms with Crippen molar-refractivity contribution in [1.29, 1.82) is 0 Å². The number of hydrogen-bond acceptors (Lipinski definition) is 3. The summed E-state index contributed by atoms with van der Waals surface area (Å²) in [7, 11) is 1.32. The lowest BCUT2D eigenvalue weighted by Crippen LogP contribution is -1.97. The number of methoxy groups -OCH3 is 1. The molecule has 0 saturated carbocycles. The molecule has 0 unspecified atom stereocenters. The fraction of sp³-hybridized carbons (Fsp3) is 0.118. The van der Waals surface area contributed by atoms with E-state index in [-0.39, 0.29) is 6.61 Å². The average Bonchev–Trinajstić information content (AvgIpc) is 2.53. The van der Waals surface area contributed by atoms with Crippen molar-refractivity contribution in [3.63, 3.8) is 0 Å². The average molecular weight is 372 g/mol. The highest BCUT2D eigenvalue weighted by Gasteiger charge is 2.06. The molecule has 0 aliphatic rings. The largest absolute Gasteiger partial charge is 0.487 e. The maximum Gasteiger partial charge on any atom is 0.330 e. The predicted octanol–water partition coefficient (Wildman–Crippen LogP) is 5.41. The SMILES string of the molecule is COC(=O)/C=C/c1ccc(OCc2ccc(Cl)cc2Cl)c(Cl)c1. The maximum atomic E-state index is 11.1. The summed E-state index contributed by atoms with van der Waals surface area (Å²) in [5, 5.41) is 1.53. The number of carbonyl (C=O) groups is 1. The number of hydrogen-bond donors (Lipinski definition) is 0. The second-order valence-electron chi connectivity index (χ2n) is 4.57. The van der Waals surface area contributed by atoms with Crippen LogP contribution in [0.2, 0.25) is 15.1 Å². The van der Waals surface area contributed by atoms with Gasteiger partial charge in [-0.15, -0.1) is 0 Å². The molecule has 6 heteroatoms. The lowest BCUT2D eigenvalue weighted by Gasteiger charge is -2.10. The van der Waals surface area contributed by atoms with Crippen LogP contribution >= 0.6 is 34.8 Å². The van der Waals surface area contributed by atoms with Gasteiger partial charge in [-0.25, -0.2) is 4.79 Å². The highest BCUT2D eigenvalue weighted by Crippen LogP contribution is 2.28. The second-order valence-corrected chi connectivity index (χ2v) is 5.82. The smallest absolute Gasteiger partial charge is 0.330 e. The number of benzene rings is 2. The first-order chi connectivity index (χ1) is 11.0. The van der Waals surface area contributed by atoms with E-state index >= 15 is 0 Å². The van der Waals surface area contributed by atoms with Crippen molar-refractivity contribution in [2.24, 2.45) is 0 Å². The monoisotopic (exact) mass is 370 g/mol. The second kappa shape index (κ2) is 8.25. The fourth-order valence-electron chi connectivity index (χ4n) is 1.76. The summed E-state index contributed by atoms with van der Waals surface area (Å²) in [4.78, 5) is 11.1. The Hall–Kier alpha value is -1.68. The summed E-state index contributed by atoms with van der Waals surface area (Å²) in [5.41, 5.74) is 1.57. The molecule has 120 valence electrons. The molecule has 2 aromatic carbocycles. The zero-order valence-electron chi connectivity index (χ0n) is 12.2. The Labute approximate surface area is 149 Å². The quantitative estimate of drug-likeness (QED) is 0.520. The van der Waals surface area contributed by atoms with Crippen molar-refractivity contribution in [2.75, 3.05) is 7.11 Å². The molecular formula is C17H13Cl3O3. The molecule has 23 heavy (non-hydrogen) atoms. The first-order valence-electron chi connectivity index (χ1n) is 6.62. The number of ether oxygens (including phenoxy) is 2. The maximum absolute atomic E-state index is 11.1. The van der Waals surface area contributed by atoms with Crippen LogP contribution in [0.4, 0.5) is 0 Å². The Bertz CT molecular complexity index is 742. The first kappa shape index (κ1) is 17.7.